The second kappa shape index (κ2) is 12.3. The highest BCUT2D eigenvalue weighted by molar-refractivity contribution is 6.12. The topological polar surface area (TPSA) is 114 Å². The van der Waals surface area contributed by atoms with Gasteiger partial charge >= 0.3 is 0 Å². The van der Waals surface area contributed by atoms with Crippen LogP contribution in [0.5, 0.6) is 5.75 Å². The quantitative estimate of drug-likeness (QED) is 0.394. The Bertz CT molecular complexity index is 1380. The average Bonchev–Trinajstić information content (AvgIpc) is 3.15. The van der Waals surface area contributed by atoms with Crippen LogP contribution in [0.1, 0.15) is 64.4 Å². The summed E-state index contributed by atoms with van der Waals surface area (Å²) >= 11 is 0. The summed E-state index contributed by atoms with van der Waals surface area (Å²) in [7, 11) is 1.55. The second-order valence-corrected chi connectivity index (χ2v) is 10.7. The first-order chi connectivity index (χ1) is 19.5. The maximum absolute atomic E-state index is 14.1. The summed E-state index contributed by atoms with van der Waals surface area (Å²) < 4.78 is 5.35. The fraction of sp³-hybridized carbons (Fsp3) is 0.344. The number of methoxy groups -OCH3 is 1. The lowest BCUT2D eigenvalue weighted by Gasteiger charge is -2.31. The number of nitrogens with one attached hydrogen (secondary N) is 2. The standard InChI is InChI=1S/C32H36N4O4/c1-40-26-12-6-11-25(16-26)32(39)36-28-14-13-24(31(38)34-20-22-8-5-7-21(15-22)19-33)17-27(28)35-30(37)18-29(36)23-9-3-2-4-10-23/h2-4,6,9-14,16-17,21-22,29H,5,7-8,15,18-20,33H2,1H3,(H,34,38)(H,35,37). The summed E-state index contributed by atoms with van der Waals surface area (Å²) in [5.74, 6) is 0.784. The summed E-state index contributed by atoms with van der Waals surface area (Å²) in [6, 6.07) is 21.0. The Labute approximate surface area is 234 Å². The Morgan fingerprint density at radius 1 is 1.00 bits per heavy atom. The van der Waals surface area contributed by atoms with E-state index in [2.05, 4.69) is 10.6 Å². The Hall–Kier alpha value is -4.17. The van der Waals surface area contributed by atoms with E-state index in [1.807, 2.05) is 30.3 Å². The predicted molar refractivity (Wildman–Crippen MR) is 156 cm³/mol. The summed E-state index contributed by atoms with van der Waals surface area (Å²) in [5.41, 5.74) is 8.53. The first-order valence-corrected chi connectivity index (χ1v) is 13.9. The number of carbonyl (C=O) groups is 3. The van der Waals surface area contributed by atoms with Crippen LogP contribution in [-0.4, -0.2) is 37.9 Å². The number of ether oxygens (including phenoxy) is 1. The predicted octanol–water partition coefficient (Wildman–Crippen LogP) is 4.92. The van der Waals surface area contributed by atoms with Gasteiger partial charge in [-0.1, -0.05) is 42.8 Å². The number of hydrogen-bond donors (Lipinski definition) is 3. The van der Waals surface area contributed by atoms with Crippen LogP contribution >= 0.6 is 0 Å². The monoisotopic (exact) mass is 540 g/mol. The third kappa shape index (κ3) is 6.02. The van der Waals surface area contributed by atoms with Crippen LogP contribution in [0.15, 0.2) is 72.8 Å². The smallest absolute Gasteiger partial charge is 0.259 e. The Balaban J connectivity index is 1.46. The number of amides is 3. The highest BCUT2D eigenvalue weighted by Crippen LogP contribution is 2.40. The van der Waals surface area contributed by atoms with Gasteiger partial charge in [0.25, 0.3) is 11.8 Å². The maximum Gasteiger partial charge on any atom is 0.259 e. The van der Waals surface area contributed by atoms with Crippen molar-refractivity contribution in [1.29, 1.82) is 0 Å². The van der Waals surface area contributed by atoms with Crippen molar-refractivity contribution in [2.75, 3.05) is 30.4 Å². The van der Waals surface area contributed by atoms with E-state index in [4.69, 9.17) is 10.5 Å². The molecule has 1 aliphatic carbocycles. The minimum Gasteiger partial charge on any atom is -0.497 e. The van der Waals surface area contributed by atoms with Gasteiger partial charge in [-0.15, -0.1) is 0 Å². The van der Waals surface area contributed by atoms with E-state index in [0.29, 0.717) is 53.2 Å². The normalized spacial score (nSPS) is 20.6. The van der Waals surface area contributed by atoms with Crippen molar-refractivity contribution < 1.29 is 19.1 Å². The molecule has 3 unspecified atom stereocenters. The SMILES string of the molecule is COc1cccc(C(=O)N2c3ccc(C(=O)NCC4CCCC(CN)C4)cc3NC(=O)CC2c2ccccc2)c1. The molecule has 1 aliphatic heterocycles. The lowest BCUT2D eigenvalue weighted by atomic mass is 9.81. The van der Waals surface area contributed by atoms with Crippen molar-refractivity contribution in [2.24, 2.45) is 17.6 Å². The zero-order chi connectivity index (χ0) is 28.1. The van der Waals surface area contributed by atoms with Crippen molar-refractivity contribution in [3.63, 3.8) is 0 Å². The minimum absolute atomic E-state index is 0.0694. The molecule has 3 atom stereocenters. The zero-order valence-corrected chi connectivity index (χ0v) is 22.8. The fourth-order valence-corrected chi connectivity index (χ4v) is 5.85. The molecule has 0 saturated heterocycles. The molecule has 0 aromatic heterocycles. The molecule has 1 fully saturated rings. The van der Waals surface area contributed by atoms with Crippen LogP contribution in [-0.2, 0) is 4.79 Å². The number of nitrogens with two attached hydrogens (primary N) is 1. The zero-order valence-electron chi connectivity index (χ0n) is 22.8. The van der Waals surface area contributed by atoms with E-state index in [1.165, 1.54) is 0 Å². The van der Waals surface area contributed by atoms with Gasteiger partial charge in [-0.3, -0.25) is 19.3 Å². The van der Waals surface area contributed by atoms with Gasteiger partial charge in [0, 0.05) is 17.7 Å². The maximum atomic E-state index is 14.1. The van der Waals surface area contributed by atoms with E-state index >= 15 is 0 Å². The number of hydrogen-bond acceptors (Lipinski definition) is 5. The van der Waals surface area contributed by atoms with Gasteiger partial charge < -0.3 is 21.1 Å². The molecule has 3 amide bonds. The lowest BCUT2D eigenvalue weighted by Crippen LogP contribution is -2.35. The van der Waals surface area contributed by atoms with Crippen LogP contribution in [0.4, 0.5) is 11.4 Å². The molecule has 40 heavy (non-hydrogen) atoms. The number of anilines is 2. The Morgan fingerprint density at radius 3 is 2.58 bits per heavy atom. The number of nitrogens with zero attached hydrogens (tertiary/aromatic N) is 1. The molecule has 1 saturated carbocycles. The van der Waals surface area contributed by atoms with Gasteiger partial charge in [-0.05, 0) is 79.6 Å². The highest BCUT2D eigenvalue weighted by Gasteiger charge is 2.34. The van der Waals surface area contributed by atoms with E-state index < -0.39 is 6.04 Å². The van der Waals surface area contributed by atoms with Gasteiger partial charge in [-0.2, -0.15) is 0 Å². The van der Waals surface area contributed by atoms with E-state index in [9.17, 15) is 14.4 Å². The molecule has 5 rings (SSSR count). The van der Waals surface area contributed by atoms with Gasteiger partial charge in [0.1, 0.15) is 5.75 Å². The van der Waals surface area contributed by atoms with Crippen LogP contribution in [0.3, 0.4) is 0 Å². The van der Waals surface area contributed by atoms with Gasteiger partial charge in [0.15, 0.2) is 0 Å². The molecular weight excluding hydrogens is 504 g/mol. The molecular formula is C32H36N4O4. The summed E-state index contributed by atoms with van der Waals surface area (Å²) in [6.45, 7) is 1.28. The number of rotatable bonds is 7. The largest absolute Gasteiger partial charge is 0.497 e. The van der Waals surface area contributed by atoms with E-state index in [1.54, 1.807) is 54.5 Å². The van der Waals surface area contributed by atoms with Crippen molar-refractivity contribution >= 4 is 29.1 Å². The summed E-state index contributed by atoms with van der Waals surface area (Å²) in [5, 5.41) is 6.01. The summed E-state index contributed by atoms with van der Waals surface area (Å²) in [4.78, 5) is 42.0. The third-order valence-corrected chi connectivity index (χ3v) is 7.98. The number of benzene rings is 3. The van der Waals surface area contributed by atoms with Crippen molar-refractivity contribution in [2.45, 2.75) is 38.1 Å². The van der Waals surface area contributed by atoms with Gasteiger partial charge in [0.2, 0.25) is 5.91 Å². The minimum atomic E-state index is -0.539. The molecule has 2 aliphatic rings. The van der Waals surface area contributed by atoms with Crippen LogP contribution in [0.2, 0.25) is 0 Å². The van der Waals surface area contributed by atoms with Crippen LogP contribution < -0.4 is 26.0 Å². The summed E-state index contributed by atoms with van der Waals surface area (Å²) in [6.07, 6.45) is 4.46. The first-order valence-electron chi connectivity index (χ1n) is 13.9. The Kier molecular flexibility index (Phi) is 8.45. The molecule has 0 spiro atoms. The van der Waals surface area contributed by atoms with Crippen molar-refractivity contribution in [3.05, 3.63) is 89.5 Å². The first kappa shape index (κ1) is 27.4. The molecule has 0 radical (unpaired) electrons. The second-order valence-electron chi connectivity index (χ2n) is 10.7. The highest BCUT2D eigenvalue weighted by atomic mass is 16.5. The Morgan fingerprint density at radius 2 is 1.80 bits per heavy atom. The number of carbonyl (C=O) groups excluding carboxylic acids is 3. The molecule has 3 aromatic carbocycles. The van der Waals surface area contributed by atoms with Crippen molar-refractivity contribution in [3.8, 4) is 5.75 Å². The molecule has 1 heterocycles. The average molecular weight is 541 g/mol. The molecule has 8 nitrogen and oxygen atoms in total. The van der Waals surface area contributed by atoms with Gasteiger partial charge in [-0.25, -0.2) is 0 Å². The van der Waals surface area contributed by atoms with Gasteiger partial charge in [0.05, 0.1) is 30.9 Å². The molecule has 8 heteroatoms. The van der Waals surface area contributed by atoms with E-state index in [0.717, 1.165) is 31.2 Å². The molecule has 0 bridgehead atoms. The fourth-order valence-electron chi connectivity index (χ4n) is 5.85. The third-order valence-electron chi connectivity index (χ3n) is 7.98. The number of fused-ring (bicyclic) bond motifs is 1. The van der Waals surface area contributed by atoms with Crippen LogP contribution in [0.25, 0.3) is 0 Å². The van der Waals surface area contributed by atoms with Crippen molar-refractivity contribution in [1.82, 2.24) is 5.32 Å². The van der Waals surface area contributed by atoms with Crippen LogP contribution in [0, 0.1) is 11.8 Å². The van der Waals surface area contributed by atoms with E-state index in [-0.39, 0.29) is 24.1 Å². The molecule has 208 valence electrons. The molecule has 4 N–H and O–H groups in total. The molecule has 3 aromatic rings. The lowest BCUT2D eigenvalue weighted by molar-refractivity contribution is -0.116.